The molecule has 96 valence electrons. The van der Waals surface area contributed by atoms with Gasteiger partial charge in [0, 0.05) is 18.1 Å². The van der Waals surface area contributed by atoms with E-state index in [0.717, 1.165) is 18.2 Å². The molecule has 0 spiro atoms. The van der Waals surface area contributed by atoms with Crippen molar-refractivity contribution in [2.75, 3.05) is 0 Å². The van der Waals surface area contributed by atoms with E-state index in [1.807, 2.05) is 19.3 Å². The van der Waals surface area contributed by atoms with Gasteiger partial charge in [-0.15, -0.1) is 0 Å². The molecule has 2 nitrogen and oxygen atoms in total. The van der Waals surface area contributed by atoms with Crippen LogP contribution in [0.5, 0.6) is 0 Å². The number of hydrogen-bond acceptors (Lipinski definition) is 1. The third-order valence-corrected chi connectivity index (χ3v) is 3.71. The summed E-state index contributed by atoms with van der Waals surface area (Å²) in [7, 11) is 0. The molecule has 0 saturated carbocycles. The van der Waals surface area contributed by atoms with Crippen LogP contribution in [0.25, 0.3) is 5.69 Å². The van der Waals surface area contributed by atoms with Crippen LogP contribution >= 0.6 is 0 Å². The minimum absolute atomic E-state index is 0.712. The number of aryl methyl sites for hydroxylation is 1. The lowest BCUT2D eigenvalue weighted by Gasteiger charge is -2.16. The quantitative estimate of drug-likeness (QED) is 0.792. The Kier molecular flexibility index (Phi) is 3.85. The van der Waals surface area contributed by atoms with Gasteiger partial charge in [-0.1, -0.05) is 32.9 Å². The zero-order valence-electron chi connectivity index (χ0n) is 11.7. The summed E-state index contributed by atoms with van der Waals surface area (Å²) in [5.41, 5.74) is 2.61. The first kappa shape index (κ1) is 12.9. The lowest BCUT2D eigenvalue weighted by Crippen LogP contribution is -2.07. The van der Waals surface area contributed by atoms with Crippen LogP contribution in [0, 0.1) is 18.8 Å². The van der Waals surface area contributed by atoms with Crippen LogP contribution in [0.1, 0.15) is 32.2 Å². The van der Waals surface area contributed by atoms with Gasteiger partial charge < -0.3 is 4.57 Å². The van der Waals surface area contributed by atoms with Crippen LogP contribution in [0.2, 0.25) is 0 Å². The molecule has 1 unspecified atom stereocenters. The summed E-state index contributed by atoms with van der Waals surface area (Å²) in [6.45, 7) is 8.92. The van der Waals surface area contributed by atoms with E-state index in [1.54, 1.807) is 0 Å². The van der Waals surface area contributed by atoms with Crippen molar-refractivity contribution in [1.29, 1.82) is 0 Å². The summed E-state index contributed by atoms with van der Waals surface area (Å²) < 4.78 is 2.13. The van der Waals surface area contributed by atoms with E-state index >= 15 is 0 Å². The molecule has 2 rings (SSSR count). The van der Waals surface area contributed by atoms with Gasteiger partial charge in [0.2, 0.25) is 0 Å². The van der Waals surface area contributed by atoms with Gasteiger partial charge in [-0.2, -0.15) is 0 Å². The Morgan fingerprint density at radius 2 is 2.00 bits per heavy atom. The third kappa shape index (κ3) is 2.81. The topological polar surface area (TPSA) is 17.8 Å². The number of hydrogen-bond donors (Lipinski definition) is 0. The van der Waals surface area contributed by atoms with Crippen molar-refractivity contribution < 1.29 is 0 Å². The molecule has 0 bridgehead atoms. The second-order valence-electron chi connectivity index (χ2n) is 5.44. The molecular formula is C16H22N2. The zero-order chi connectivity index (χ0) is 13.1. The number of benzene rings is 1. The highest BCUT2D eigenvalue weighted by Gasteiger charge is 2.09. The van der Waals surface area contributed by atoms with Crippen LogP contribution in [0.15, 0.2) is 36.7 Å². The van der Waals surface area contributed by atoms with E-state index in [2.05, 4.69) is 54.6 Å². The summed E-state index contributed by atoms with van der Waals surface area (Å²) in [4.78, 5) is 4.27. The summed E-state index contributed by atoms with van der Waals surface area (Å²) in [6, 6.07) is 8.76. The number of aromatic nitrogens is 2. The Hall–Kier alpha value is -1.57. The van der Waals surface area contributed by atoms with Crippen molar-refractivity contribution in [1.82, 2.24) is 9.55 Å². The molecule has 1 heterocycles. The molecule has 1 atom stereocenters. The lowest BCUT2D eigenvalue weighted by molar-refractivity contribution is 0.417. The van der Waals surface area contributed by atoms with Crippen molar-refractivity contribution in [3.05, 3.63) is 48.0 Å². The van der Waals surface area contributed by atoms with Gasteiger partial charge in [0.1, 0.15) is 5.82 Å². The minimum atomic E-state index is 0.712. The Labute approximate surface area is 110 Å². The maximum atomic E-state index is 4.27. The normalized spacial score (nSPS) is 12.9. The average molecular weight is 242 g/mol. The van der Waals surface area contributed by atoms with E-state index in [0.29, 0.717) is 5.92 Å². The van der Waals surface area contributed by atoms with Gasteiger partial charge in [0.15, 0.2) is 0 Å². The summed E-state index contributed by atoms with van der Waals surface area (Å²) in [6.07, 6.45) is 5.00. The number of rotatable bonds is 4. The zero-order valence-corrected chi connectivity index (χ0v) is 11.7. The highest BCUT2D eigenvalue weighted by Crippen LogP contribution is 2.19. The van der Waals surface area contributed by atoms with E-state index in [4.69, 9.17) is 0 Å². The van der Waals surface area contributed by atoms with Gasteiger partial charge in [-0.25, -0.2) is 4.98 Å². The Balaban J connectivity index is 2.23. The van der Waals surface area contributed by atoms with E-state index in [-0.39, 0.29) is 0 Å². The van der Waals surface area contributed by atoms with Gasteiger partial charge in [-0.05, 0) is 42.9 Å². The van der Waals surface area contributed by atoms with Crippen molar-refractivity contribution >= 4 is 0 Å². The van der Waals surface area contributed by atoms with E-state index < -0.39 is 0 Å². The molecule has 0 fully saturated rings. The van der Waals surface area contributed by atoms with Crippen molar-refractivity contribution in [2.45, 2.75) is 34.1 Å². The largest absolute Gasteiger partial charge is 0.304 e. The molecule has 2 aromatic rings. The smallest absolute Gasteiger partial charge is 0.110 e. The van der Waals surface area contributed by atoms with Crippen LogP contribution in [-0.2, 0) is 6.42 Å². The van der Waals surface area contributed by atoms with Gasteiger partial charge in [0.25, 0.3) is 0 Å². The molecule has 0 N–H and O–H groups in total. The van der Waals surface area contributed by atoms with Gasteiger partial charge in [-0.3, -0.25) is 0 Å². The van der Waals surface area contributed by atoms with Gasteiger partial charge >= 0.3 is 0 Å². The summed E-state index contributed by atoms with van der Waals surface area (Å²) in [5, 5.41) is 0. The molecule has 2 heteroatoms. The highest BCUT2D eigenvalue weighted by atomic mass is 15.1. The first-order chi connectivity index (χ1) is 8.58. The van der Waals surface area contributed by atoms with Crippen molar-refractivity contribution in [2.24, 2.45) is 11.8 Å². The molecule has 0 aliphatic carbocycles. The Morgan fingerprint density at radius 1 is 1.22 bits per heavy atom. The molecule has 1 aromatic heterocycles. The minimum Gasteiger partial charge on any atom is -0.304 e. The van der Waals surface area contributed by atoms with Gasteiger partial charge in [0.05, 0.1) is 0 Å². The highest BCUT2D eigenvalue weighted by molar-refractivity contribution is 5.37. The average Bonchev–Trinajstić information content (AvgIpc) is 2.75. The fraction of sp³-hybridized carbons (Fsp3) is 0.438. The first-order valence-corrected chi connectivity index (χ1v) is 6.67. The number of nitrogens with zero attached hydrogens (tertiary/aromatic N) is 2. The third-order valence-electron chi connectivity index (χ3n) is 3.71. The molecular weight excluding hydrogens is 220 g/mol. The summed E-state index contributed by atoms with van der Waals surface area (Å²) >= 11 is 0. The van der Waals surface area contributed by atoms with Crippen LogP contribution in [-0.4, -0.2) is 9.55 Å². The summed E-state index contributed by atoms with van der Waals surface area (Å²) in [5.74, 6) is 2.47. The SMILES string of the molecule is Cc1nccn1-c1cccc(CC(C)C(C)C)c1. The molecule has 0 aliphatic rings. The van der Waals surface area contributed by atoms with E-state index in [9.17, 15) is 0 Å². The second kappa shape index (κ2) is 5.38. The number of imidazole rings is 1. The standard InChI is InChI=1S/C16H22N2/c1-12(2)13(3)10-15-6-5-7-16(11-15)18-9-8-17-14(18)4/h5-9,11-13H,10H2,1-4H3. The lowest BCUT2D eigenvalue weighted by atomic mass is 9.91. The van der Waals surface area contributed by atoms with E-state index in [1.165, 1.54) is 11.3 Å². The maximum absolute atomic E-state index is 4.27. The first-order valence-electron chi connectivity index (χ1n) is 6.67. The second-order valence-corrected chi connectivity index (χ2v) is 5.44. The van der Waals surface area contributed by atoms with Crippen LogP contribution in [0.4, 0.5) is 0 Å². The predicted octanol–water partition coefficient (Wildman–Crippen LogP) is 4.02. The molecule has 0 radical (unpaired) electrons. The monoisotopic (exact) mass is 242 g/mol. The Bertz CT molecular complexity index is 511. The Morgan fingerprint density at radius 3 is 2.61 bits per heavy atom. The van der Waals surface area contributed by atoms with Crippen LogP contribution in [0.3, 0.4) is 0 Å². The fourth-order valence-electron chi connectivity index (χ4n) is 2.09. The molecule has 0 aliphatic heterocycles. The fourth-order valence-corrected chi connectivity index (χ4v) is 2.09. The van der Waals surface area contributed by atoms with Crippen LogP contribution < -0.4 is 0 Å². The van der Waals surface area contributed by atoms with Crippen molar-refractivity contribution in [3.63, 3.8) is 0 Å². The van der Waals surface area contributed by atoms with Crippen molar-refractivity contribution in [3.8, 4) is 5.69 Å². The molecule has 0 saturated heterocycles. The maximum Gasteiger partial charge on any atom is 0.110 e. The predicted molar refractivity (Wildman–Crippen MR) is 76.0 cm³/mol. The molecule has 0 amide bonds. The molecule has 1 aromatic carbocycles. The molecule has 18 heavy (non-hydrogen) atoms.